The summed E-state index contributed by atoms with van der Waals surface area (Å²) in [6.45, 7) is 0.625. The van der Waals surface area contributed by atoms with Gasteiger partial charge in [-0.05, 0) is 43.4 Å². The number of carbonyl (C=O) groups excluding carboxylic acids is 1. The Kier molecular flexibility index (Phi) is 4.31. The van der Waals surface area contributed by atoms with E-state index >= 15 is 0 Å². The SMILES string of the molecule is CN(Cc1ccncc1)C(=O)C1CCC(O)CC1. The second kappa shape index (κ2) is 5.96. The van der Waals surface area contributed by atoms with E-state index in [1.807, 2.05) is 19.2 Å². The minimum atomic E-state index is -0.209. The first kappa shape index (κ1) is 13.0. The number of pyridine rings is 1. The molecule has 1 aliphatic rings. The van der Waals surface area contributed by atoms with Crippen LogP contribution in [-0.2, 0) is 11.3 Å². The van der Waals surface area contributed by atoms with Crippen LogP contribution in [0.2, 0.25) is 0 Å². The third-order valence-electron chi connectivity index (χ3n) is 3.59. The number of hydrogen-bond acceptors (Lipinski definition) is 3. The van der Waals surface area contributed by atoms with Gasteiger partial charge in [-0.1, -0.05) is 0 Å². The lowest BCUT2D eigenvalue weighted by molar-refractivity contribution is -0.136. The summed E-state index contributed by atoms with van der Waals surface area (Å²) in [6.07, 6.45) is 6.38. The highest BCUT2D eigenvalue weighted by molar-refractivity contribution is 5.78. The summed E-state index contributed by atoms with van der Waals surface area (Å²) in [5.41, 5.74) is 1.09. The fourth-order valence-electron chi connectivity index (χ4n) is 2.47. The normalized spacial score (nSPS) is 23.7. The van der Waals surface area contributed by atoms with Crippen LogP contribution in [0.5, 0.6) is 0 Å². The number of rotatable bonds is 3. The fraction of sp³-hybridized carbons (Fsp3) is 0.571. The highest BCUT2D eigenvalue weighted by Crippen LogP contribution is 2.25. The number of carbonyl (C=O) groups is 1. The molecule has 0 aliphatic heterocycles. The minimum absolute atomic E-state index is 0.0836. The molecule has 1 heterocycles. The zero-order valence-electron chi connectivity index (χ0n) is 10.7. The van der Waals surface area contributed by atoms with E-state index in [9.17, 15) is 9.90 Å². The summed E-state index contributed by atoms with van der Waals surface area (Å²) >= 11 is 0. The maximum atomic E-state index is 12.2. The molecular formula is C14H20N2O2. The van der Waals surface area contributed by atoms with Crippen molar-refractivity contribution in [3.63, 3.8) is 0 Å². The molecule has 1 saturated carbocycles. The molecule has 4 heteroatoms. The van der Waals surface area contributed by atoms with Crippen molar-refractivity contribution in [2.75, 3.05) is 7.05 Å². The Morgan fingerprint density at radius 1 is 1.33 bits per heavy atom. The van der Waals surface area contributed by atoms with Crippen LogP contribution in [0.1, 0.15) is 31.2 Å². The molecule has 1 fully saturated rings. The van der Waals surface area contributed by atoms with E-state index in [4.69, 9.17) is 0 Å². The van der Waals surface area contributed by atoms with Crippen LogP contribution in [0.25, 0.3) is 0 Å². The molecule has 98 valence electrons. The number of aliphatic hydroxyl groups excluding tert-OH is 1. The highest BCUT2D eigenvalue weighted by atomic mass is 16.3. The average Bonchev–Trinajstić information content (AvgIpc) is 2.40. The van der Waals surface area contributed by atoms with E-state index in [-0.39, 0.29) is 17.9 Å². The van der Waals surface area contributed by atoms with Gasteiger partial charge in [-0.2, -0.15) is 0 Å². The van der Waals surface area contributed by atoms with Gasteiger partial charge in [-0.25, -0.2) is 0 Å². The van der Waals surface area contributed by atoms with Crippen molar-refractivity contribution < 1.29 is 9.90 Å². The zero-order chi connectivity index (χ0) is 13.0. The van der Waals surface area contributed by atoms with Crippen LogP contribution in [0.3, 0.4) is 0 Å². The number of aliphatic hydroxyl groups is 1. The standard InChI is InChI=1S/C14H20N2O2/c1-16(10-11-6-8-15-9-7-11)14(18)12-2-4-13(17)5-3-12/h6-9,12-13,17H,2-5,10H2,1H3. The minimum Gasteiger partial charge on any atom is -0.393 e. The summed E-state index contributed by atoms with van der Waals surface area (Å²) in [5, 5.41) is 9.45. The van der Waals surface area contributed by atoms with Gasteiger partial charge >= 0.3 is 0 Å². The maximum Gasteiger partial charge on any atom is 0.225 e. The number of nitrogens with zero attached hydrogens (tertiary/aromatic N) is 2. The first-order valence-corrected chi connectivity index (χ1v) is 6.49. The van der Waals surface area contributed by atoms with E-state index < -0.39 is 0 Å². The average molecular weight is 248 g/mol. The van der Waals surface area contributed by atoms with Crippen molar-refractivity contribution >= 4 is 5.91 Å². The molecule has 1 aromatic rings. The molecule has 0 aromatic carbocycles. The zero-order valence-corrected chi connectivity index (χ0v) is 10.7. The molecule has 1 aromatic heterocycles. The second-order valence-electron chi connectivity index (χ2n) is 5.06. The van der Waals surface area contributed by atoms with Crippen LogP contribution >= 0.6 is 0 Å². The summed E-state index contributed by atoms with van der Waals surface area (Å²) in [5.74, 6) is 0.277. The molecule has 18 heavy (non-hydrogen) atoms. The highest BCUT2D eigenvalue weighted by Gasteiger charge is 2.27. The Balaban J connectivity index is 1.89. The summed E-state index contributed by atoms with van der Waals surface area (Å²) in [7, 11) is 1.84. The number of hydrogen-bond donors (Lipinski definition) is 1. The van der Waals surface area contributed by atoms with E-state index in [1.54, 1.807) is 17.3 Å². The van der Waals surface area contributed by atoms with Crippen molar-refractivity contribution in [1.29, 1.82) is 0 Å². The van der Waals surface area contributed by atoms with Gasteiger partial charge in [-0.3, -0.25) is 9.78 Å². The van der Waals surface area contributed by atoms with Gasteiger partial charge in [0.05, 0.1) is 6.10 Å². The number of aromatic nitrogens is 1. The van der Waals surface area contributed by atoms with Gasteiger partial charge in [0.2, 0.25) is 5.91 Å². The van der Waals surface area contributed by atoms with Crippen LogP contribution in [0.4, 0.5) is 0 Å². The van der Waals surface area contributed by atoms with Crippen LogP contribution < -0.4 is 0 Å². The van der Waals surface area contributed by atoms with E-state index in [0.717, 1.165) is 31.2 Å². The van der Waals surface area contributed by atoms with Crippen molar-refractivity contribution in [1.82, 2.24) is 9.88 Å². The molecule has 2 rings (SSSR count). The lowest BCUT2D eigenvalue weighted by Gasteiger charge is -2.28. The smallest absolute Gasteiger partial charge is 0.225 e. The fourth-order valence-corrected chi connectivity index (χ4v) is 2.47. The molecule has 0 bridgehead atoms. The van der Waals surface area contributed by atoms with Gasteiger partial charge in [0, 0.05) is 31.9 Å². The Bertz CT molecular complexity index is 386. The predicted molar refractivity (Wildman–Crippen MR) is 68.7 cm³/mol. The molecule has 1 aliphatic carbocycles. The van der Waals surface area contributed by atoms with Gasteiger partial charge in [0.1, 0.15) is 0 Å². The first-order valence-electron chi connectivity index (χ1n) is 6.49. The summed E-state index contributed by atoms with van der Waals surface area (Å²) < 4.78 is 0. The van der Waals surface area contributed by atoms with Crippen molar-refractivity contribution in [2.24, 2.45) is 5.92 Å². The lowest BCUT2D eigenvalue weighted by atomic mass is 9.86. The molecule has 1 amide bonds. The lowest BCUT2D eigenvalue weighted by Crippen LogP contribution is -2.35. The Labute approximate surface area is 108 Å². The monoisotopic (exact) mass is 248 g/mol. The van der Waals surface area contributed by atoms with Crippen molar-refractivity contribution in [2.45, 2.75) is 38.3 Å². The number of amides is 1. The molecule has 1 N–H and O–H groups in total. The van der Waals surface area contributed by atoms with Crippen LogP contribution in [0.15, 0.2) is 24.5 Å². The molecule has 4 nitrogen and oxygen atoms in total. The Hall–Kier alpha value is -1.42. The molecule has 0 unspecified atom stereocenters. The molecule has 0 saturated heterocycles. The molecule has 0 spiro atoms. The Morgan fingerprint density at radius 2 is 1.94 bits per heavy atom. The first-order chi connectivity index (χ1) is 8.66. The van der Waals surface area contributed by atoms with E-state index in [2.05, 4.69) is 4.98 Å². The quantitative estimate of drug-likeness (QED) is 0.883. The third kappa shape index (κ3) is 3.29. The van der Waals surface area contributed by atoms with Gasteiger partial charge in [-0.15, -0.1) is 0 Å². The maximum absolute atomic E-state index is 12.2. The topological polar surface area (TPSA) is 53.4 Å². The molecule has 0 atom stereocenters. The summed E-state index contributed by atoms with van der Waals surface area (Å²) in [4.78, 5) is 18.0. The van der Waals surface area contributed by atoms with Crippen molar-refractivity contribution in [3.05, 3.63) is 30.1 Å². The molecule has 0 radical (unpaired) electrons. The van der Waals surface area contributed by atoms with Gasteiger partial charge in [0.25, 0.3) is 0 Å². The van der Waals surface area contributed by atoms with Crippen molar-refractivity contribution in [3.8, 4) is 0 Å². The summed E-state index contributed by atoms with van der Waals surface area (Å²) in [6, 6.07) is 3.85. The van der Waals surface area contributed by atoms with E-state index in [1.165, 1.54) is 0 Å². The molecular weight excluding hydrogens is 228 g/mol. The third-order valence-corrected chi connectivity index (χ3v) is 3.59. The van der Waals surface area contributed by atoms with Crippen LogP contribution in [-0.4, -0.2) is 34.0 Å². The van der Waals surface area contributed by atoms with Gasteiger partial charge in [0.15, 0.2) is 0 Å². The second-order valence-corrected chi connectivity index (χ2v) is 5.06. The van der Waals surface area contributed by atoms with Gasteiger partial charge < -0.3 is 10.0 Å². The largest absolute Gasteiger partial charge is 0.393 e. The Morgan fingerprint density at radius 3 is 2.56 bits per heavy atom. The predicted octanol–water partition coefficient (Wildman–Crippen LogP) is 1.59. The van der Waals surface area contributed by atoms with E-state index in [0.29, 0.717) is 6.54 Å². The van der Waals surface area contributed by atoms with Crippen LogP contribution in [0, 0.1) is 5.92 Å².